The molecule has 0 radical (unpaired) electrons. The van der Waals surface area contributed by atoms with Crippen molar-refractivity contribution in [2.24, 2.45) is 5.73 Å². The van der Waals surface area contributed by atoms with Gasteiger partial charge in [0.25, 0.3) is 5.91 Å². The molecule has 1 amide bonds. The summed E-state index contributed by atoms with van der Waals surface area (Å²) in [4.78, 5) is 28.3. The van der Waals surface area contributed by atoms with Crippen molar-refractivity contribution in [1.29, 1.82) is 0 Å². The van der Waals surface area contributed by atoms with E-state index in [-0.39, 0.29) is 30.0 Å². The summed E-state index contributed by atoms with van der Waals surface area (Å²) in [5, 5.41) is 19.4. The molecule has 0 aliphatic carbocycles. The highest BCUT2D eigenvalue weighted by Crippen LogP contribution is 2.25. The van der Waals surface area contributed by atoms with Crippen LogP contribution in [0.4, 0.5) is 10.1 Å². The first-order valence-electron chi connectivity index (χ1n) is 8.89. The van der Waals surface area contributed by atoms with Crippen LogP contribution in [0.1, 0.15) is 21.6 Å². The quantitative estimate of drug-likeness (QED) is 0.437. The number of aromatic nitrogens is 3. The fourth-order valence-electron chi connectivity index (χ4n) is 3.04. The number of anilines is 1. The van der Waals surface area contributed by atoms with Gasteiger partial charge in [0.2, 0.25) is 0 Å². The molecule has 152 valence electrons. The number of hydrogen-bond donors (Lipinski definition) is 3. The lowest BCUT2D eigenvalue weighted by molar-refractivity contribution is -0.136. The van der Waals surface area contributed by atoms with Gasteiger partial charge in [-0.15, -0.1) is 16.4 Å². The Hall–Kier alpha value is -3.63. The van der Waals surface area contributed by atoms with E-state index in [0.29, 0.717) is 22.3 Å². The number of carbonyl (C=O) groups is 2. The Morgan fingerprint density at radius 1 is 1.20 bits per heavy atom. The third-order valence-electron chi connectivity index (χ3n) is 4.48. The lowest BCUT2D eigenvalue weighted by atomic mass is 10.1. The summed E-state index contributed by atoms with van der Waals surface area (Å²) in [5.74, 6) is -2.06. The molecule has 4 rings (SSSR count). The highest BCUT2D eigenvalue weighted by Gasteiger charge is 2.20. The van der Waals surface area contributed by atoms with Crippen molar-refractivity contribution in [2.75, 3.05) is 5.32 Å². The highest BCUT2D eigenvalue weighted by molar-refractivity contribution is 7.08. The van der Waals surface area contributed by atoms with Crippen molar-refractivity contribution in [1.82, 2.24) is 14.6 Å². The second kappa shape index (κ2) is 8.01. The van der Waals surface area contributed by atoms with Crippen LogP contribution in [0.5, 0.6) is 0 Å². The molecule has 0 spiro atoms. The number of halogens is 1. The first-order valence-corrected chi connectivity index (χ1v) is 9.83. The summed E-state index contributed by atoms with van der Waals surface area (Å²) in [6, 6.07) is 8.09. The maximum Gasteiger partial charge on any atom is 0.307 e. The SMILES string of the molecule is NCc1cccc(-c2nc(C(=O)Nc3cscc3CC(=O)O)c3cccn3n2)c1F. The van der Waals surface area contributed by atoms with Crippen LogP contribution in [0.3, 0.4) is 0 Å². The molecule has 0 unspecified atom stereocenters. The lowest BCUT2D eigenvalue weighted by Gasteiger charge is -2.10. The predicted molar refractivity (Wildman–Crippen MR) is 110 cm³/mol. The fraction of sp³-hybridized carbons (Fsp3) is 0.100. The smallest absolute Gasteiger partial charge is 0.307 e. The van der Waals surface area contributed by atoms with Gasteiger partial charge in [-0.3, -0.25) is 9.59 Å². The van der Waals surface area contributed by atoms with Crippen LogP contribution in [-0.2, 0) is 17.8 Å². The molecule has 8 nitrogen and oxygen atoms in total. The molecule has 4 N–H and O–H groups in total. The van der Waals surface area contributed by atoms with Crippen molar-refractivity contribution in [3.8, 4) is 11.4 Å². The Balaban J connectivity index is 1.76. The van der Waals surface area contributed by atoms with Gasteiger partial charge in [0.1, 0.15) is 5.82 Å². The molecule has 0 atom stereocenters. The monoisotopic (exact) mass is 425 g/mol. The Bertz CT molecular complexity index is 1270. The van der Waals surface area contributed by atoms with Crippen LogP contribution in [0.25, 0.3) is 16.9 Å². The summed E-state index contributed by atoms with van der Waals surface area (Å²) < 4.78 is 16.2. The Kier molecular flexibility index (Phi) is 5.25. The zero-order valence-corrected chi connectivity index (χ0v) is 16.3. The molecule has 3 aromatic heterocycles. The third-order valence-corrected chi connectivity index (χ3v) is 5.27. The molecule has 10 heteroatoms. The van der Waals surface area contributed by atoms with Crippen molar-refractivity contribution in [3.05, 3.63) is 69.9 Å². The van der Waals surface area contributed by atoms with E-state index in [1.54, 1.807) is 41.2 Å². The number of nitrogens with one attached hydrogen (secondary N) is 1. The van der Waals surface area contributed by atoms with Crippen LogP contribution in [-0.4, -0.2) is 31.6 Å². The minimum atomic E-state index is -1.00. The molecular formula is C20H16FN5O3S. The summed E-state index contributed by atoms with van der Waals surface area (Å²) >= 11 is 1.28. The number of carbonyl (C=O) groups excluding carboxylic acids is 1. The molecule has 1 aromatic carbocycles. The van der Waals surface area contributed by atoms with Gasteiger partial charge < -0.3 is 16.2 Å². The average molecular weight is 425 g/mol. The number of hydrogen-bond acceptors (Lipinski definition) is 6. The van der Waals surface area contributed by atoms with E-state index in [1.807, 2.05) is 0 Å². The molecule has 0 fully saturated rings. The van der Waals surface area contributed by atoms with Crippen molar-refractivity contribution in [3.63, 3.8) is 0 Å². The maximum atomic E-state index is 14.8. The van der Waals surface area contributed by atoms with Gasteiger partial charge in [-0.2, -0.15) is 0 Å². The van der Waals surface area contributed by atoms with Crippen LogP contribution >= 0.6 is 11.3 Å². The minimum Gasteiger partial charge on any atom is -0.481 e. The fourth-order valence-corrected chi connectivity index (χ4v) is 3.83. The van der Waals surface area contributed by atoms with Crippen molar-refractivity contribution < 1.29 is 19.1 Å². The van der Waals surface area contributed by atoms with E-state index < -0.39 is 17.7 Å². The van der Waals surface area contributed by atoms with Gasteiger partial charge in [-0.05, 0) is 29.1 Å². The Labute approximate surface area is 173 Å². The number of rotatable bonds is 6. The van der Waals surface area contributed by atoms with Crippen LogP contribution < -0.4 is 11.1 Å². The number of thiophene rings is 1. The molecular weight excluding hydrogens is 409 g/mol. The zero-order chi connectivity index (χ0) is 21.3. The van der Waals surface area contributed by atoms with Crippen LogP contribution in [0.2, 0.25) is 0 Å². The molecule has 0 aliphatic heterocycles. The number of benzene rings is 1. The topological polar surface area (TPSA) is 123 Å². The highest BCUT2D eigenvalue weighted by atomic mass is 32.1. The molecule has 0 saturated carbocycles. The number of fused-ring (bicyclic) bond motifs is 1. The second-order valence-corrected chi connectivity index (χ2v) is 7.18. The summed E-state index contributed by atoms with van der Waals surface area (Å²) in [6.45, 7) is 0.0172. The van der Waals surface area contributed by atoms with Crippen LogP contribution in [0, 0.1) is 5.82 Å². The number of nitrogens with zero attached hydrogens (tertiary/aromatic N) is 3. The maximum absolute atomic E-state index is 14.8. The molecule has 0 saturated heterocycles. The minimum absolute atomic E-state index is 0.0172. The lowest BCUT2D eigenvalue weighted by Crippen LogP contribution is -2.18. The zero-order valence-electron chi connectivity index (χ0n) is 15.5. The van der Waals surface area contributed by atoms with E-state index in [9.17, 15) is 14.0 Å². The normalized spacial score (nSPS) is 11.0. The predicted octanol–water partition coefficient (Wildman–Crippen LogP) is 2.94. The summed E-state index contributed by atoms with van der Waals surface area (Å²) in [7, 11) is 0. The van der Waals surface area contributed by atoms with Gasteiger partial charge in [0.15, 0.2) is 11.5 Å². The van der Waals surface area contributed by atoms with E-state index in [4.69, 9.17) is 10.8 Å². The van der Waals surface area contributed by atoms with Gasteiger partial charge in [0, 0.05) is 23.7 Å². The second-order valence-electron chi connectivity index (χ2n) is 6.44. The van der Waals surface area contributed by atoms with E-state index >= 15 is 0 Å². The number of carboxylic acids is 1. The van der Waals surface area contributed by atoms with E-state index in [2.05, 4.69) is 15.4 Å². The number of amides is 1. The molecule has 4 aromatic rings. The average Bonchev–Trinajstić information content (AvgIpc) is 3.36. The number of carboxylic acid groups (broad SMARTS) is 1. The van der Waals surface area contributed by atoms with Crippen molar-refractivity contribution >= 4 is 34.4 Å². The third kappa shape index (κ3) is 3.65. The largest absolute Gasteiger partial charge is 0.481 e. The van der Waals surface area contributed by atoms with Gasteiger partial charge in [0.05, 0.1) is 23.2 Å². The van der Waals surface area contributed by atoms with Gasteiger partial charge in [-0.25, -0.2) is 13.9 Å². The number of aliphatic carboxylic acids is 1. The van der Waals surface area contributed by atoms with Gasteiger partial charge in [-0.1, -0.05) is 12.1 Å². The van der Waals surface area contributed by atoms with Crippen LogP contribution in [0.15, 0.2) is 47.3 Å². The standard InChI is InChI=1S/C20H16FN5O3S/c21-17-11(8-22)3-1-4-13(17)19-24-18(15-5-2-6-26(15)25-19)20(29)23-14-10-30-9-12(14)7-16(27)28/h1-6,9-10H,7-8,22H2,(H,23,29)(H,27,28). The molecule has 0 aliphatic rings. The summed E-state index contributed by atoms with van der Waals surface area (Å²) in [5.41, 5.74) is 7.38. The molecule has 3 heterocycles. The van der Waals surface area contributed by atoms with E-state index in [0.717, 1.165) is 0 Å². The molecule has 30 heavy (non-hydrogen) atoms. The first-order chi connectivity index (χ1) is 14.5. The Morgan fingerprint density at radius 2 is 2.03 bits per heavy atom. The molecule has 0 bridgehead atoms. The number of nitrogens with two attached hydrogens (primary N) is 1. The van der Waals surface area contributed by atoms with Gasteiger partial charge >= 0.3 is 5.97 Å². The van der Waals surface area contributed by atoms with Crippen molar-refractivity contribution in [2.45, 2.75) is 13.0 Å². The summed E-state index contributed by atoms with van der Waals surface area (Å²) in [6.07, 6.45) is 1.41. The Morgan fingerprint density at radius 3 is 2.80 bits per heavy atom. The first kappa shape index (κ1) is 19.7. The van der Waals surface area contributed by atoms with E-state index in [1.165, 1.54) is 21.9 Å².